The molecule has 0 aliphatic carbocycles. The third-order valence-corrected chi connectivity index (χ3v) is 4.51. The highest BCUT2D eigenvalue weighted by Crippen LogP contribution is 2.32. The molecule has 0 bridgehead atoms. The second-order valence-electron chi connectivity index (χ2n) is 6.28. The van der Waals surface area contributed by atoms with Gasteiger partial charge in [0.15, 0.2) is 11.5 Å². The van der Waals surface area contributed by atoms with Crippen molar-refractivity contribution in [3.63, 3.8) is 0 Å². The van der Waals surface area contributed by atoms with Crippen LogP contribution in [0.4, 0.5) is 0 Å². The molecular weight excluding hydrogens is 332 g/mol. The Kier molecular flexibility index (Phi) is 4.73. The van der Waals surface area contributed by atoms with E-state index in [0.717, 1.165) is 29.9 Å². The van der Waals surface area contributed by atoms with Gasteiger partial charge in [0.1, 0.15) is 11.9 Å². The van der Waals surface area contributed by atoms with Gasteiger partial charge in [-0.05, 0) is 35.9 Å². The molecule has 0 spiro atoms. The van der Waals surface area contributed by atoms with E-state index in [9.17, 15) is 4.79 Å². The van der Waals surface area contributed by atoms with Gasteiger partial charge in [-0.15, -0.1) is 0 Å². The van der Waals surface area contributed by atoms with Crippen molar-refractivity contribution in [3.05, 3.63) is 54.4 Å². The highest BCUT2D eigenvalue weighted by Gasteiger charge is 2.22. The van der Waals surface area contributed by atoms with Crippen molar-refractivity contribution in [3.8, 4) is 17.2 Å². The average molecular weight is 352 g/mol. The summed E-state index contributed by atoms with van der Waals surface area (Å²) in [7, 11) is 0. The zero-order valence-electron chi connectivity index (χ0n) is 14.3. The lowest BCUT2D eigenvalue weighted by molar-refractivity contribution is -0.127. The van der Waals surface area contributed by atoms with Crippen LogP contribution in [0.25, 0.3) is 6.08 Å². The van der Waals surface area contributed by atoms with E-state index in [1.807, 2.05) is 41.3 Å². The number of rotatable bonds is 4. The molecule has 0 radical (unpaired) electrons. The van der Waals surface area contributed by atoms with E-state index in [2.05, 4.69) is 4.98 Å². The van der Waals surface area contributed by atoms with Crippen molar-refractivity contribution in [2.45, 2.75) is 18.9 Å². The van der Waals surface area contributed by atoms with Gasteiger partial charge < -0.3 is 19.1 Å². The number of carbonyl (C=O) groups excluding carboxylic acids is 1. The molecule has 1 amide bonds. The lowest BCUT2D eigenvalue weighted by atomic mass is 10.1. The summed E-state index contributed by atoms with van der Waals surface area (Å²) in [4.78, 5) is 18.3. The largest absolute Gasteiger partial charge is 0.489 e. The van der Waals surface area contributed by atoms with Crippen molar-refractivity contribution in [1.29, 1.82) is 0 Å². The van der Waals surface area contributed by atoms with Gasteiger partial charge in [0, 0.05) is 38.2 Å². The molecule has 2 aliphatic heterocycles. The number of hydrogen-bond acceptors (Lipinski definition) is 5. The minimum Gasteiger partial charge on any atom is -0.489 e. The summed E-state index contributed by atoms with van der Waals surface area (Å²) >= 11 is 0. The standard InChI is InChI=1S/C20H20N2O4/c23-20(6-4-15-3-5-18-19(12-15)25-14-24-18)22-10-7-16(8-11-22)26-17-2-1-9-21-13-17/h1-6,9,12-13,16H,7-8,10-11,14H2. The number of ether oxygens (including phenoxy) is 3. The van der Waals surface area contributed by atoms with Gasteiger partial charge in [-0.3, -0.25) is 9.78 Å². The van der Waals surface area contributed by atoms with Crippen LogP contribution in [0.15, 0.2) is 48.8 Å². The summed E-state index contributed by atoms with van der Waals surface area (Å²) in [6.07, 6.45) is 8.62. The molecule has 4 rings (SSSR count). The number of nitrogens with zero attached hydrogens (tertiary/aromatic N) is 2. The molecule has 3 heterocycles. The highest BCUT2D eigenvalue weighted by atomic mass is 16.7. The van der Waals surface area contributed by atoms with Crippen molar-refractivity contribution in [1.82, 2.24) is 9.88 Å². The summed E-state index contributed by atoms with van der Waals surface area (Å²) < 4.78 is 16.6. The third kappa shape index (κ3) is 3.79. The quantitative estimate of drug-likeness (QED) is 0.792. The van der Waals surface area contributed by atoms with Gasteiger partial charge in [-0.25, -0.2) is 0 Å². The number of likely N-dealkylation sites (tertiary alicyclic amines) is 1. The fourth-order valence-corrected chi connectivity index (χ4v) is 3.09. The Labute approximate surface area is 152 Å². The molecule has 0 saturated carbocycles. The molecule has 1 fully saturated rings. The molecule has 26 heavy (non-hydrogen) atoms. The molecule has 0 N–H and O–H groups in total. The van der Waals surface area contributed by atoms with Crippen LogP contribution in [0.1, 0.15) is 18.4 Å². The molecular formula is C20H20N2O4. The summed E-state index contributed by atoms with van der Waals surface area (Å²) in [5.41, 5.74) is 0.914. The average Bonchev–Trinajstić information content (AvgIpc) is 3.15. The smallest absolute Gasteiger partial charge is 0.246 e. The fourth-order valence-electron chi connectivity index (χ4n) is 3.09. The number of hydrogen-bond donors (Lipinski definition) is 0. The first-order chi connectivity index (χ1) is 12.8. The van der Waals surface area contributed by atoms with Crippen LogP contribution in [-0.2, 0) is 4.79 Å². The van der Waals surface area contributed by atoms with Crippen LogP contribution in [0.3, 0.4) is 0 Å². The Morgan fingerprint density at radius 3 is 2.85 bits per heavy atom. The van der Waals surface area contributed by atoms with Gasteiger partial charge in [0.2, 0.25) is 12.7 Å². The Bertz CT molecular complexity index is 799. The number of aromatic nitrogens is 1. The van der Waals surface area contributed by atoms with Crippen molar-refractivity contribution in [2.75, 3.05) is 19.9 Å². The second-order valence-corrected chi connectivity index (χ2v) is 6.28. The number of pyridine rings is 1. The number of amides is 1. The van der Waals surface area contributed by atoms with E-state index in [1.54, 1.807) is 18.5 Å². The molecule has 1 aromatic heterocycles. The van der Waals surface area contributed by atoms with Crippen LogP contribution in [0.5, 0.6) is 17.2 Å². The molecule has 0 unspecified atom stereocenters. The van der Waals surface area contributed by atoms with Gasteiger partial charge in [-0.2, -0.15) is 0 Å². The first kappa shape index (κ1) is 16.4. The maximum atomic E-state index is 12.4. The number of carbonyl (C=O) groups is 1. The number of piperidine rings is 1. The van der Waals surface area contributed by atoms with Crippen LogP contribution in [-0.4, -0.2) is 41.8 Å². The zero-order chi connectivity index (χ0) is 17.8. The first-order valence-corrected chi connectivity index (χ1v) is 8.71. The van der Waals surface area contributed by atoms with E-state index >= 15 is 0 Å². The van der Waals surface area contributed by atoms with Crippen molar-refractivity contribution < 1.29 is 19.0 Å². The molecule has 134 valence electrons. The Hall–Kier alpha value is -3.02. The SMILES string of the molecule is O=C(C=Cc1ccc2c(c1)OCO2)N1CCC(Oc2cccnc2)CC1. The number of fused-ring (bicyclic) bond motifs is 1. The van der Waals surface area contributed by atoms with Crippen molar-refractivity contribution >= 4 is 12.0 Å². The van der Waals surface area contributed by atoms with E-state index in [-0.39, 0.29) is 18.8 Å². The first-order valence-electron chi connectivity index (χ1n) is 8.71. The maximum Gasteiger partial charge on any atom is 0.246 e. The third-order valence-electron chi connectivity index (χ3n) is 4.51. The lowest BCUT2D eigenvalue weighted by Crippen LogP contribution is -2.41. The Balaban J connectivity index is 1.29. The van der Waals surface area contributed by atoms with Crippen LogP contribution in [0.2, 0.25) is 0 Å². The molecule has 2 aromatic rings. The molecule has 1 saturated heterocycles. The predicted octanol–water partition coefficient (Wildman–Crippen LogP) is 2.89. The fraction of sp³-hybridized carbons (Fsp3) is 0.300. The summed E-state index contributed by atoms with van der Waals surface area (Å²) in [5.74, 6) is 2.25. The van der Waals surface area contributed by atoms with Gasteiger partial charge in [0.25, 0.3) is 0 Å². The lowest BCUT2D eigenvalue weighted by Gasteiger charge is -2.31. The summed E-state index contributed by atoms with van der Waals surface area (Å²) in [6, 6.07) is 9.40. The highest BCUT2D eigenvalue weighted by molar-refractivity contribution is 5.92. The van der Waals surface area contributed by atoms with Gasteiger partial charge in [0.05, 0.1) is 6.20 Å². The van der Waals surface area contributed by atoms with E-state index in [1.165, 1.54) is 0 Å². The van der Waals surface area contributed by atoms with Gasteiger partial charge in [-0.1, -0.05) is 6.07 Å². The van der Waals surface area contributed by atoms with E-state index in [4.69, 9.17) is 14.2 Å². The molecule has 2 aliphatic rings. The van der Waals surface area contributed by atoms with Crippen LogP contribution in [0, 0.1) is 0 Å². The molecule has 6 nitrogen and oxygen atoms in total. The predicted molar refractivity (Wildman–Crippen MR) is 96.1 cm³/mol. The number of benzene rings is 1. The molecule has 6 heteroatoms. The van der Waals surface area contributed by atoms with Crippen LogP contribution < -0.4 is 14.2 Å². The Morgan fingerprint density at radius 1 is 1.19 bits per heavy atom. The molecule has 1 aromatic carbocycles. The zero-order valence-corrected chi connectivity index (χ0v) is 14.3. The van der Waals surface area contributed by atoms with Crippen molar-refractivity contribution in [2.24, 2.45) is 0 Å². The normalized spacial score (nSPS) is 16.8. The minimum atomic E-state index is 0.0162. The minimum absolute atomic E-state index is 0.0162. The summed E-state index contributed by atoms with van der Waals surface area (Å²) in [5, 5.41) is 0. The second kappa shape index (κ2) is 7.47. The van der Waals surface area contributed by atoms with Gasteiger partial charge >= 0.3 is 0 Å². The van der Waals surface area contributed by atoms with E-state index < -0.39 is 0 Å². The Morgan fingerprint density at radius 2 is 2.04 bits per heavy atom. The van der Waals surface area contributed by atoms with E-state index in [0.29, 0.717) is 18.8 Å². The topological polar surface area (TPSA) is 60.9 Å². The maximum absolute atomic E-state index is 12.4. The van der Waals surface area contributed by atoms with Crippen LogP contribution >= 0.6 is 0 Å². The molecule has 0 atom stereocenters. The monoisotopic (exact) mass is 352 g/mol. The summed E-state index contributed by atoms with van der Waals surface area (Å²) in [6.45, 7) is 1.63.